The third-order valence-corrected chi connectivity index (χ3v) is 5.42. The molecule has 140 valence electrons. The minimum absolute atomic E-state index is 0.161. The molecule has 0 saturated carbocycles. The van der Waals surface area contributed by atoms with Gasteiger partial charge in [-0.1, -0.05) is 66.7 Å². The number of carboxylic acid groups (broad SMARTS) is 1. The first-order valence-electron chi connectivity index (χ1n) is 8.96. The summed E-state index contributed by atoms with van der Waals surface area (Å²) in [5.41, 5.74) is 1.49. The molecule has 4 rings (SSSR count). The van der Waals surface area contributed by atoms with E-state index in [1.165, 1.54) is 4.57 Å². The highest BCUT2D eigenvalue weighted by Crippen LogP contribution is 2.39. The van der Waals surface area contributed by atoms with E-state index >= 15 is 0 Å². The van der Waals surface area contributed by atoms with Crippen LogP contribution in [0, 0.1) is 0 Å². The Morgan fingerprint density at radius 1 is 0.750 bits per heavy atom. The maximum atomic E-state index is 12.7. The number of fused-ring (bicyclic) bond motifs is 1. The molecule has 0 aliphatic carbocycles. The molecule has 0 fully saturated rings. The van der Waals surface area contributed by atoms with Crippen LogP contribution in [0.2, 0.25) is 0 Å². The first-order valence-corrected chi connectivity index (χ1v) is 8.96. The van der Waals surface area contributed by atoms with Crippen molar-refractivity contribution in [2.24, 2.45) is 14.1 Å². The molecule has 0 bridgehead atoms. The molecule has 1 heterocycles. The summed E-state index contributed by atoms with van der Waals surface area (Å²) in [6, 6.07) is 23.4. The highest BCUT2D eigenvalue weighted by atomic mass is 16.4. The molecule has 0 N–H and O–H groups in total. The van der Waals surface area contributed by atoms with E-state index in [4.69, 9.17) is 0 Å². The van der Waals surface area contributed by atoms with Crippen LogP contribution < -0.4 is 10.8 Å². The molecule has 1 aromatic heterocycles. The van der Waals surface area contributed by atoms with Crippen LogP contribution in [0.3, 0.4) is 0 Å². The zero-order chi connectivity index (χ0) is 19.9. The highest BCUT2D eigenvalue weighted by molar-refractivity contribution is 5.91. The molecular formula is C23H19N2O3-. The summed E-state index contributed by atoms with van der Waals surface area (Å²) in [6.07, 6.45) is 0. The van der Waals surface area contributed by atoms with Gasteiger partial charge >= 0.3 is 5.69 Å². The number of imidazole rings is 1. The van der Waals surface area contributed by atoms with Crippen LogP contribution in [0.15, 0.2) is 83.7 Å². The Hall–Kier alpha value is -3.60. The van der Waals surface area contributed by atoms with Crippen molar-refractivity contribution in [2.45, 2.75) is 5.41 Å². The summed E-state index contributed by atoms with van der Waals surface area (Å²) < 4.78 is 3.07. The number of hydrogen-bond acceptors (Lipinski definition) is 3. The van der Waals surface area contributed by atoms with Crippen LogP contribution in [0.25, 0.3) is 11.0 Å². The Balaban J connectivity index is 2.12. The van der Waals surface area contributed by atoms with Crippen molar-refractivity contribution < 1.29 is 9.90 Å². The first kappa shape index (κ1) is 17.8. The number of aliphatic carboxylic acids is 1. The van der Waals surface area contributed by atoms with E-state index in [0.717, 1.165) is 5.52 Å². The van der Waals surface area contributed by atoms with Crippen molar-refractivity contribution in [2.75, 3.05) is 0 Å². The van der Waals surface area contributed by atoms with Crippen LogP contribution in [0.4, 0.5) is 0 Å². The van der Waals surface area contributed by atoms with E-state index < -0.39 is 11.4 Å². The highest BCUT2D eigenvalue weighted by Gasteiger charge is 2.38. The van der Waals surface area contributed by atoms with Crippen molar-refractivity contribution in [1.29, 1.82) is 0 Å². The lowest BCUT2D eigenvalue weighted by Crippen LogP contribution is -2.47. The lowest BCUT2D eigenvalue weighted by Gasteiger charge is -2.37. The molecule has 0 amide bonds. The van der Waals surface area contributed by atoms with Gasteiger partial charge in [0.2, 0.25) is 0 Å². The Morgan fingerprint density at radius 2 is 1.25 bits per heavy atom. The number of aromatic nitrogens is 2. The number of aryl methyl sites for hydroxylation is 2. The van der Waals surface area contributed by atoms with Gasteiger partial charge in [-0.3, -0.25) is 9.13 Å². The SMILES string of the molecule is Cn1c(=O)n(C)c2cc(C(C(=O)[O-])(c3ccccc3)c3ccccc3)ccc21. The zero-order valence-electron chi connectivity index (χ0n) is 15.6. The smallest absolute Gasteiger partial charge is 0.328 e. The number of hydrogen-bond donors (Lipinski definition) is 0. The third-order valence-electron chi connectivity index (χ3n) is 5.42. The Kier molecular flexibility index (Phi) is 4.15. The third kappa shape index (κ3) is 2.40. The van der Waals surface area contributed by atoms with Gasteiger partial charge in [-0.25, -0.2) is 4.79 Å². The molecule has 0 aliphatic rings. The quantitative estimate of drug-likeness (QED) is 0.515. The van der Waals surface area contributed by atoms with Crippen LogP contribution >= 0.6 is 0 Å². The van der Waals surface area contributed by atoms with E-state index in [-0.39, 0.29) is 5.69 Å². The van der Waals surface area contributed by atoms with Crippen molar-refractivity contribution >= 4 is 17.0 Å². The second-order valence-electron chi connectivity index (χ2n) is 6.87. The molecular weight excluding hydrogens is 352 g/mol. The molecule has 0 atom stereocenters. The second kappa shape index (κ2) is 6.53. The van der Waals surface area contributed by atoms with Crippen molar-refractivity contribution in [3.63, 3.8) is 0 Å². The number of carbonyl (C=O) groups is 1. The fourth-order valence-corrected chi connectivity index (χ4v) is 3.97. The zero-order valence-corrected chi connectivity index (χ0v) is 15.6. The minimum Gasteiger partial charge on any atom is -0.548 e. The van der Waals surface area contributed by atoms with Gasteiger partial charge in [-0.2, -0.15) is 0 Å². The van der Waals surface area contributed by atoms with Crippen molar-refractivity contribution in [1.82, 2.24) is 9.13 Å². The monoisotopic (exact) mass is 371 g/mol. The van der Waals surface area contributed by atoms with Gasteiger partial charge in [0.05, 0.1) is 22.4 Å². The Bertz CT molecular complexity index is 1180. The van der Waals surface area contributed by atoms with Gasteiger partial charge in [-0.05, 0) is 28.8 Å². The van der Waals surface area contributed by atoms with Crippen molar-refractivity contribution in [3.8, 4) is 0 Å². The standard InChI is InChI=1S/C23H20N2O3/c1-24-19-14-13-18(15-20(19)25(2)22(24)28)23(21(26)27,16-9-5-3-6-10-16)17-11-7-4-8-12-17/h3-15H,1-2H3,(H,26,27)/p-1. The number of rotatable bonds is 4. The Labute approximate surface area is 162 Å². The maximum Gasteiger partial charge on any atom is 0.328 e. The number of benzene rings is 3. The molecule has 5 heteroatoms. The molecule has 0 aliphatic heterocycles. The lowest BCUT2D eigenvalue weighted by molar-refractivity contribution is -0.310. The summed E-state index contributed by atoms with van der Waals surface area (Å²) in [4.78, 5) is 25.1. The van der Waals surface area contributed by atoms with Gasteiger partial charge in [-0.15, -0.1) is 0 Å². The van der Waals surface area contributed by atoms with Crippen LogP contribution in [-0.2, 0) is 24.3 Å². The van der Waals surface area contributed by atoms with Gasteiger partial charge < -0.3 is 9.90 Å². The maximum absolute atomic E-state index is 12.7. The number of carboxylic acids is 1. The normalized spacial score (nSPS) is 11.6. The van der Waals surface area contributed by atoms with Gasteiger partial charge in [0.25, 0.3) is 0 Å². The summed E-state index contributed by atoms with van der Waals surface area (Å²) >= 11 is 0. The predicted molar refractivity (Wildman–Crippen MR) is 106 cm³/mol. The molecule has 0 spiro atoms. The minimum atomic E-state index is -1.50. The molecule has 4 aromatic rings. The summed E-state index contributed by atoms with van der Waals surface area (Å²) in [5.74, 6) is -1.22. The van der Waals surface area contributed by atoms with E-state index in [9.17, 15) is 14.7 Å². The average molecular weight is 371 g/mol. The first-order chi connectivity index (χ1) is 13.5. The molecule has 5 nitrogen and oxygen atoms in total. The van der Waals surface area contributed by atoms with Gasteiger partial charge in [0.1, 0.15) is 0 Å². The molecule has 3 aromatic carbocycles. The van der Waals surface area contributed by atoms with Crippen molar-refractivity contribution in [3.05, 3.63) is 106 Å². The van der Waals surface area contributed by atoms with E-state index in [0.29, 0.717) is 22.2 Å². The van der Waals surface area contributed by atoms with Crippen LogP contribution in [0.1, 0.15) is 16.7 Å². The number of nitrogens with zero attached hydrogens (tertiary/aromatic N) is 2. The summed E-state index contributed by atoms with van der Waals surface area (Å²) in [6.45, 7) is 0. The molecule has 0 radical (unpaired) electrons. The van der Waals surface area contributed by atoms with Gasteiger partial charge in [0, 0.05) is 14.1 Å². The second-order valence-corrected chi connectivity index (χ2v) is 6.87. The predicted octanol–water partition coefficient (Wildman–Crippen LogP) is 1.96. The molecule has 28 heavy (non-hydrogen) atoms. The van der Waals surface area contributed by atoms with Crippen LogP contribution in [-0.4, -0.2) is 15.1 Å². The number of carbonyl (C=O) groups excluding carboxylic acids is 1. The van der Waals surface area contributed by atoms with E-state index in [2.05, 4.69) is 0 Å². The average Bonchev–Trinajstić information content (AvgIpc) is 2.94. The molecule has 0 unspecified atom stereocenters. The molecule has 0 saturated heterocycles. The lowest BCUT2D eigenvalue weighted by atomic mass is 9.69. The van der Waals surface area contributed by atoms with Crippen LogP contribution in [0.5, 0.6) is 0 Å². The largest absolute Gasteiger partial charge is 0.548 e. The summed E-state index contributed by atoms with van der Waals surface area (Å²) in [5, 5.41) is 12.7. The fourth-order valence-electron chi connectivity index (χ4n) is 3.97. The topological polar surface area (TPSA) is 67.1 Å². The Morgan fingerprint density at radius 3 is 1.75 bits per heavy atom. The fraction of sp³-hybridized carbons (Fsp3) is 0.130. The summed E-state index contributed by atoms with van der Waals surface area (Å²) in [7, 11) is 3.38. The van der Waals surface area contributed by atoms with Gasteiger partial charge in [0.15, 0.2) is 0 Å². The van der Waals surface area contributed by atoms with E-state index in [1.807, 2.05) is 36.4 Å². The van der Waals surface area contributed by atoms with E-state index in [1.54, 1.807) is 61.1 Å².